The van der Waals surface area contributed by atoms with Crippen LogP contribution in [0.5, 0.6) is 0 Å². The van der Waals surface area contributed by atoms with Crippen LogP contribution in [-0.2, 0) is 0 Å². The molecule has 5 atom stereocenters. The van der Waals surface area contributed by atoms with Crippen LogP contribution in [0.4, 0.5) is 0 Å². The molecule has 3 rings (SSSR count). The molecule has 0 radical (unpaired) electrons. The summed E-state index contributed by atoms with van der Waals surface area (Å²) in [6, 6.07) is 0. The van der Waals surface area contributed by atoms with Gasteiger partial charge in [0.25, 0.3) is 0 Å². The van der Waals surface area contributed by atoms with Gasteiger partial charge in [0.1, 0.15) is 0 Å². The Balaban J connectivity index is 2.07. The normalized spacial score (nSPS) is 54.1. The Morgan fingerprint density at radius 1 is 1.38 bits per heavy atom. The Morgan fingerprint density at radius 2 is 2.06 bits per heavy atom. The second-order valence-corrected chi connectivity index (χ2v) is 7.06. The predicted octanol–water partition coefficient (Wildman–Crippen LogP) is 3.39. The lowest BCUT2D eigenvalue weighted by Gasteiger charge is -2.48. The molecule has 16 heavy (non-hydrogen) atoms. The van der Waals surface area contributed by atoms with E-state index in [1.807, 2.05) is 0 Å². The first-order chi connectivity index (χ1) is 7.39. The van der Waals surface area contributed by atoms with E-state index in [4.69, 9.17) is 0 Å². The Morgan fingerprint density at radius 3 is 2.75 bits per heavy atom. The molecule has 1 nitrogen and oxygen atoms in total. The summed E-state index contributed by atoms with van der Waals surface area (Å²) in [5, 5.41) is 10.2. The molecule has 3 fully saturated rings. The molecule has 3 saturated carbocycles. The SMILES string of the molecule is C=C1[C@H]2C[C@H](O)[C@H](C)[C@@]23CC[C@H](C3)C1(C)C. The van der Waals surface area contributed by atoms with Crippen molar-refractivity contribution in [3.05, 3.63) is 12.2 Å². The van der Waals surface area contributed by atoms with Crippen LogP contribution < -0.4 is 0 Å². The Bertz CT molecular complexity index is 343. The van der Waals surface area contributed by atoms with Gasteiger partial charge < -0.3 is 5.11 Å². The molecule has 1 spiro atoms. The molecule has 0 amide bonds. The first-order valence-electron chi connectivity index (χ1n) is 6.77. The Labute approximate surface area is 98.9 Å². The molecular weight excluding hydrogens is 196 g/mol. The van der Waals surface area contributed by atoms with E-state index in [1.54, 1.807) is 0 Å². The molecule has 0 heterocycles. The van der Waals surface area contributed by atoms with Crippen molar-refractivity contribution in [1.29, 1.82) is 0 Å². The van der Waals surface area contributed by atoms with Gasteiger partial charge in [-0.15, -0.1) is 0 Å². The third kappa shape index (κ3) is 1.01. The Hall–Kier alpha value is -0.300. The minimum atomic E-state index is -0.0885. The van der Waals surface area contributed by atoms with E-state index < -0.39 is 0 Å². The molecular formula is C15H24O. The van der Waals surface area contributed by atoms with Crippen LogP contribution in [0.15, 0.2) is 12.2 Å². The lowest BCUT2D eigenvalue weighted by molar-refractivity contribution is 0.0587. The summed E-state index contributed by atoms with van der Waals surface area (Å²) in [7, 11) is 0. The molecule has 1 N–H and O–H groups in total. The maximum Gasteiger partial charge on any atom is 0.0577 e. The molecule has 3 aliphatic rings. The summed E-state index contributed by atoms with van der Waals surface area (Å²) in [5.74, 6) is 1.88. The third-order valence-corrected chi connectivity index (χ3v) is 6.51. The average Bonchev–Trinajstić information content (AvgIpc) is 2.75. The number of fused-ring (bicyclic) bond motifs is 1. The zero-order valence-corrected chi connectivity index (χ0v) is 10.8. The zero-order valence-electron chi connectivity index (χ0n) is 10.8. The van der Waals surface area contributed by atoms with Crippen LogP contribution in [0.3, 0.4) is 0 Å². The van der Waals surface area contributed by atoms with E-state index in [1.165, 1.54) is 24.8 Å². The average molecular weight is 220 g/mol. The fraction of sp³-hybridized carbons (Fsp3) is 0.867. The molecule has 0 aromatic rings. The van der Waals surface area contributed by atoms with Gasteiger partial charge in [-0.25, -0.2) is 0 Å². The number of hydrogen-bond donors (Lipinski definition) is 1. The molecule has 90 valence electrons. The summed E-state index contributed by atoms with van der Waals surface area (Å²) < 4.78 is 0. The first-order valence-corrected chi connectivity index (χ1v) is 6.77. The molecule has 3 aliphatic carbocycles. The Kier molecular flexibility index (Phi) is 1.98. The summed E-state index contributed by atoms with van der Waals surface area (Å²) in [4.78, 5) is 0. The van der Waals surface area contributed by atoms with Crippen LogP contribution in [0.2, 0.25) is 0 Å². The van der Waals surface area contributed by atoms with E-state index in [2.05, 4.69) is 27.4 Å². The number of rotatable bonds is 0. The number of hydrogen-bond acceptors (Lipinski definition) is 1. The second-order valence-electron chi connectivity index (χ2n) is 7.06. The van der Waals surface area contributed by atoms with E-state index in [9.17, 15) is 5.11 Å². The van der Waals surface area contributed by atoms with Gasteiger partial charge in [0.2, 0.25) is 0 Å². The van der Waals surface area contributed by atoms with Crippen molar-refractivity contribution in [2.24, 2.45) is 28.6 Å². The maximum absolute atomic E-state index is 10.2. The van der Waals surface area contributed by atoms with Crippen molar-refractivity contribution < 1.29 is 5.11 Å². The fourth-order valence-electron chi connectivity index (χ4n) is 5.03. The van der Waals surface area contributed by atoms with Gasteiger partial charge in [-0.3, -0.25) is 0 Å². The lowest BCUT2D eigenvalue weighted by Crippen LogP contribution is -2.40. The van der Waals surface area contributed by atoms with Gasteiger partial charge in [-0.1, -0.05) is 32.9 Å². The van der Waals surface area contributed by atoms with Crippen molar-refractivity contribution in [1.82, 2.24) is 0 Å². The summed E-state index contributed by atoms with van der Waals surface area (Å²) in [6.45, 7) is 11.4. The van der Waals surface area contributed by atoms with E-state index in [-0.39, 0.29) is 6.10 Å². The van der Waals surface area contributed by atoms with Crippen molar-refractivity contribution in [2.75, 3.05) is 0 Å². The predicted molar refractivity (Wildman–Crippen MR) is 66.0 cm³/mol. The molecule has 0 unspecified atom stereocenters. The number of aliphatic hydroxyl groups excluding tert-OH is 1. The minimum Gasteiger partial charge on any atom is -0.393 e. The molecule has 0 aromatic heterocycles. The molecule has 0 saturated heterocycles. The highest BCUT2D eigenvalue weighted by Gasteiger charge is 2.63. The van der Waals surface area contributed by atoms with E-state index in [0.717, 1.165) is 12.3 Å². The van der Waals surface area contributed by atoms with Crippen molar-refractivity contribution >= 4 is 0 Å². The minimum absolute atomic E-state index is 0.0885. The van der Waals surface area contributed by atoms with Crippen molar-refractivity contribution in [2.45, 2.75) is 52.6 Å². The number of allylic oxidation sites excluding steroid dienone is 1. The van der Waals surface area contributed by atoms with E-state index in [0.29, 0.717) is 22.7 Å². The molecule has 0 aliphatic heterocycles. The highest BCUT2D eigenvalue weighted by Crippen LogP contribution is 2.69. The van der Waals surface area contributed by atoms with Gasteiger partial charge >= 0.3 is 0 Å². The van der Waals surface area contributed by atoms with Crippen LogP contribution >= 0.6 is 0 Å². The van der Waals surface area contributed by atoms with Crippen molar-refractivity contribution in [3.8, 4) is 0 Å². The van der Waals surface area contributed by atoms with Gasteiger partial charge in [0.05, 0.1) is 6.10 Å². The maximum atomic E-state index is 10.2. The summed E-state index contributed by atoms with van der Waals surface area (Å²) >= 11 is 0. The lowest BCUT2D eigenvalue weighted by atomic mass is 9.56. The van der Waals surface area contributed by atoms with E-state index >= 15 is 0 Å². The van der Waals surface area contributed by atoms with Gasteiger partial charge in [0.15, 0.2) is 0 Å². The number of aliphatic hydroxyl groups is 1. The highest BCUT2D eigenvalue weighted by molar-refractivity contribution is 5.27. The fourth-order valence-corrected chi connectivity index (χ4v) is 5.03. The standard InChI is InChI=1S/C15H24O/c1-9-12-7-13(16)10(2)15(12)6-5-11(8-15)14(9,3)4/h10-13,16H,1,5-8H2,2-4H3/t10-,11+,12+,13-,15-/m0/s1. The summed E-state index contributed by atoms with van der Waals surface area (Å²) in [5.41, 5.74) is 2.15. The highest BCUT2D eigenvalue weighted by atomic mass is 16.3. The van der Waals surface area contributed by atoms with Crippen molar-refractivity contribution in [3.63, 3.8) is 0 Å². The monoisotopic (exact) mass is 220 g/mol. The van der Waals surface area contributed by atoms with Crippen LogP contribution in [0, 0.1) is 28.6 Å². The molecule has 2 bridgehead atoms. The van der Waals surface area contributed by atoms with Crippen LogP contribution in [-0.4, -0.2) is 11.2 Å². The zero-order chi connectivity index (χ0) is 11.7. The van der Waals surface area contributed by atoms with Crippen LogP contribution in [0.1, 0.15) is 46.5 Å². The van der Waals surface area contributed by atoms with Gasteiger partial charge in [-0.05, 0) is 54.3 Å². The largest absolute Gasteiger partial charge is 0.393 e. The smallest absolute Gasteiger partial charge is 0.0577 e. The molecule has 0 aromatic carbocycles. The second kappa shape index (κ2) is 2.93. The third-order valence-electron chi connectivity index (χ3n) is 6.51. The quantitative estimate of drug-likeness (QED) is 0.620. The topological polar surface area (TPSA) is 20.2 Å². The first kappa shape index (κ1) is 10.8. The van der Waals surface area contributed by atoms with Gasteiger partial charge in [0, 0.05) is 0 Å². The molecule has 1 heteroatoms. The van der Waals surface area contributed by atoms with Crippen LogP contribution in [0.25, 0.3) is 0 Å². The summed E-state index contributed by atoms with van der Waals surface area (Å²) in [6.07, 6.45) is 4.88. The van der Waals surface area contributed by atoms with Gasteiger partial charge in [-0.2, -0.15) is 0 Å².